The molecular weight excluding hydrogens is 224 g/mol. The number of fused-ring (bicyclic) bond motifs is 3. The van der Waals surface area contributed by atoms with Gasteiger partial charge in [-0.15, -0.1) is 0 Å². The topological polar surface area (TPSA) is 37.3 Å². The summed E-state index contributed by atoms with van der Waals surface area (Å²) in [4.78, 5) is 12.2. The molecule has 1 aliphatic rings. The average molecular weight is 238 g/mol. The number of ketones is 1. The minimum Gasteiger partial charge on any atom is -0.373 e. The van der Waals surface area contributed by atoms with Crippen LogP contribution in [0.1, 0.15) is 24.5 Å². The molecule has 0 radical (unpaired) electrons. The van der Waals surface area contributed by atoms with Gasteiger partial charge in [0, 0.05) is 17.5 Å². The molecule has 3 rings (SSSR count). The molecule has 0 aromatic heterocycles. The molecule has 2 aromatic carbocycles. The van der Waals surface area contributed by atoms with Crippen LogP contribution in [0.15, 0.2) is 48.5 Å². The summed E-state index contributed by atoms with van der Waals surface area (Å²) < 4.78 is 0. The Balaban J connectivity index is 2.37. The number of carbonyl (C=O) groups is 1. The van der Waals surface area contributed by atoms with Crippen LogP contribution in [0.5, 0.6) is 0 Å². The summed E-state index contributed by atoms with van der Waals surface area (Å²) in [6.07, 6.45) is 0.319. The van der Waals surface area contributed by atoms with Crippen LogP contribution in [0.2, 0.25) is 0 Å². The summed E-state index contributed by atoms with van der Waals surface area (Å²) in [6, 6.07) is 15.2. The van der Waals surface area contributed by atoms with Gasteiger partial charge in [-0.2, -0.15) is 0 Å². The third-order valence-corrected chi connectivity index (χ3v) is 3.65. The van der Waals surface area contributed by atoms with Crippen molar-refractivity contribution in [3.05, 3.63) is 59.7 Å². The lowest BCUT2D eigenvalue weighted by atomic mass is 9.86. The number of rotatable bonds is 2. The Morgan fingerprint density at radius 2 is 1.44 bits per heavy atom. The molecule has 0 fully saturated rings. The lowest BCUT2D eigenvalue weighted by Gasteiger charge is -2.23. The highest BCUT2D eigenvalue weighted by Gasteiger charge is 2.46. The highest BCUT2D eigenvalue weighted by molar-refractivity contribution is 5.99. The third kappa shape index (κ3) is 1.24. The van der Waals surface area contributed by atoms with Gasteiger partial charge in [0.2, 0.25) is 0 Å². The predicted molar refractivity (Wildman–Crippen MR) is 70.2 cm³/mol. The molecule has 18 heavy (non-hydrogen) atoms. The number of carbonyl (C=O) groups excluding carboxylic acids is 1. The summed E-state index contributed by atoms with van der Waals surface area (Å²) in [5, 5.41) is 10.9. The lowest BCUT2D eigenvalue weighted by Crippen LogP contribution is -2.34. The first-order valence-electron chi connectivity index (χ1n) is 6.14. The summed E-state index contributed by atoms with van der Waals surface area (Å²) in [7, 11) is 0. The average Bonchev–Trinajstić information content (AvgIpc) is 2.70. The van der Waals surface area contributed by atoms with E-state index in [-0.39, 0.29) is 5.78 Å². The van der Waals surface area contributed by atoms with Gasteiger partial charge in [0.05, 0.1) is 0 Å². The summed E-state index contributed by atoms with van der Waals surface area (Å²) in [6.45, 7) is 1.78. The maximum absolute atomic E-state index is 12.2. The molecule has 2 nitrogen and oxygen atoms in total. The fraction of sp³-hybridized carbons (Fsp3) is 0.188. The quantitative estimate of drug-likeness (QED) is 0.873. The SMILES string of the molecule is CCC(=O)C1(O)c2ccccc2-c2ccccc21. The van der Waals surface area contributed by atoms with E-state index >= 15 is 0 Å². The summed E-state index contributed by atoms with van der Waals surface area (Å²) in [5.74, 6) is -0.153. The molecule has 0 unspecified atom stereocenters. The van der Waals surface area contributed by atoms with Gasteiger partial charge in [0.1, 0.15) is 0 Å². The van der Waals surface area contributed by atoms with Gasteiger partial charge < -0.3 is 5.11 Å². The zero-order valence-corrected chi connectivity index (χ0v) is 10.2. The molecule has 0 spiro atoms. The van der Waals surface area contributed by atoms with Crippen LogP contribution >= 0.6 is 0 Å². The predicted octanol–water partition coefficient (Wildman–Crippen LogP) is 2.88. The Morgan fingerprint density at radius 3 is 1.89 bits per heavy atom. The van der Waals surface area contributed by atoms with E-state index in [2.05, 4.69) is 0 Å². The van der Waals surface area contributed by atoms with Crippen molar-refractivity contribution in [2.45, 2.75) is 18.9 Å². The molecule has 1 aliphatic carbocycles. The molecule has 0 saturated carbocycles. The van der Waals surface area contributed by atoms with Crippen molar-refractivity contribution in [3.63, 3.8) is 0 Å². The minimum absolute atomic E-state index is 0.153. The maximum Gasteiger partial charge on any atom is 0.174 e. The summed E-state index contributed by atoms with van der Waals surface area (Å²) in [5.41, 5.74) is 1.85. The first-order chi connectivity index (χ1) is 8.69. The van der Waals surface area contributed by atoms with Crippen LogP contribution in [0.3, 0.4) is 0 Å². The number of hydrogen-bond acceptors (Lipinski definition) is 2. The number of Topliss-reactive ketones (excluding diaryl/α,β-unsaturated/α-hetero) is 1. The molecule has 0 bridgehead atoms. The van der Waals surface area contributed by atoms with Gasteiger partial charge >= 0.3 is 0 Å². The van der Waals surface area contributed by atoms with Crippen molar-refractivity contribution >= 4 is 5.78 Å². The van der Waals surface area contributed by atoms with Gasteiger partial charge in [-0.1, -0.05) is 55.5 Å². The second-order valence-electron chi connectivity index (χ2n) is 4.58. The molecule has 90 valence electrons. The van der Waals surface area contributed by atoms with Crippen LogP contribution in [0, 0.1) is 0 Å². The van der Waals surface area contributed by atoms with Gasteiger partial charge in [-0.25, -0.2) is 0 Å². The number of benzene rings is 2. The van der Waals surface area contributed by atoms with Gasteiger partial charge in [-0.3, -0.25) is 4.79 Å². The lowest BCUT2D eigenvalue weighted by molar-refractivity contribution is -0.133. The van der Waals surface area contributed by atoms with Crippen molar-refractivity contribution in [1.29, 1.82) is 0 Å². The molecular formula is C16H14O2. The Bertz CT molecular complexity index is 583. The highest BCUT2D eigenvalue weighted by atomic mass is 16.3. The molecule has 0 atom stereocenters. The van der Waals surface area contributed by atoms with Gasteiger partial charge in [-0.05, 0) is 11.1 Å². The van der Waals surface area contributed by atoms with Crippen molar-refractivity contribution in [3.8, 4) is 11.1 Å². The number of aliphatic hydroxyl groups is 1. The molecule has 1 N–H and O–H groups in total. The van der Waals surface area contributed by atoms with E-state index in [9.17, 15) is 9.90 Å². The second kappa shape index (κ2) is 3.79. The molecule has 0 heterocycles. The fourth-order valence-electron chi connectivity index (χ4n) is 2.77. The van der Waals surface area contributed by atoms with Gasteiger partial charge in [0.15, 0.2) is 11.4 Å². The Kier molecular flexibility index (Phi) is 2.35. The monoisotopic (exact) mass is 238 g/mol. The van der Waals surface area contributed by atoms with Crippen molar-refractivity contribution in [1.82, 2.24) is 0 Å². The van der Waals surface area contributed by atoms with Crippen LogP contribution in [-0.2, 0) is 10.4 Å². The Labute approximate surface area is 106 Å². The Morgan fingerprint density at radius 1 is 1.00 bits per heavy atom. The van der Waals surface area contributed by atoms with Crippen LogP contribution in [-0.4, -0.2) is 10.9 Å². The standard InChI is InChI=1S/C16H14O2/c1-2-15(17)16(18)13-9-5-3-7-11(13)12-8-4-6-10-14(12)16/h3-10,18H,2H2,1H3. The first-order valence-corrected chi connectivity index (χ1v) is 6.14. The molecule has 2 aromatic rings. The molecule has 2 heteroatoms. The zero-order chi connectivity index (χ0) is 12.8. The van der Waals surface area contributed by atoms with Crippen LogP contribution in [0.4, 0.5) is 0 Å². The zero-order valence-electron chi connectivity index (χ0n) is 10.2. The van der Waals surface area contributed by atoms with Crippen LogP contribution in [0.25, 0.3) is 11.1 Å². The highest BCUT2D eigenvalue weighted by Crippen LogP contribution is 2.47. The van der Waals surface area contributed by atoms with E-state index in [0.717, 1.165) is 11.1 Å². The van der Waals surface area contributed by atoms with E-state index in [1.165, 1.54) is 0 Å². The van der Waals surface area contributed by atoms with Gasteiger partial charge in [0.25, 0.3) is 0 Å². The molecule has 0 amide bonds. The van der Waals surface area contributed by atoms with Crippen molar-refractivity contribution in [2.24, 2.45) is 0 Å². The summed E-state index contributed by atoms with van der Waals surface area (Å²) >= 11 is 0. The molecule has 0 saturated heterocycles. The largest absolute Gasteiger partial charge is 0.373 e. The second-order valence-corrected chi connectivity index (χ2v) is 4.58. The smallest absolute Gasteiger partial charge is 0.174 e. The third-order valence-electron chi connectivity index (χ3n) is 3.65. The molecule has 0 aliphatic heterocycles. The van der Waals surface area contributed by atoms with E-state index in [1.54, 1.807) is 6.92 Å². The maximum atomic E-state index is 12.2. The Hall–Kier alpha value is -1.93. The minimum atomic E-state index is -1.47. The van der Waals surface area contributed by atoms with E-state index in [0.29, 0.717) is 17.5 Å². The van der Waals surface area contributed by atoms with Crippen LogP contribution < -0.4 is 0 Å². The first kappa shape index (κ1) is 11.2. The van der Waals surface area contributed by atoms with E-state index < -0.39 is 5.60 Å². The van der Waals surface area contributed by atoms with E-state index in [4.69, 9.17) is 0 Å². The fourth-order valence-corrected chi connectivity index (χ4v) is 2.77. The van der Waals surface area contributed by atoms with E-state index in [1.807, 2.05) is 48.5 Å². The van der Waals surface area contributed by atoms with Crippen molar-refractivity contribution in [2.75, 3.05) is 0 Å². The normalized spacial score (nSPS) is 15.0. The van der Waals surface area contributed by atoms with Crippen molar-refractivity contribution < 1.29 is 9.90 Å². The number of hydrogen-bond donors (Lipinski definition) is 1.